The van der Waals surface area contributed by atoms with Gasteiger partial charge < -0.3 is 14.5 Å². The van der Waals surface area contributed by atoms with E-state index in [2.05, 4.69) is 21.9 Å². The zero-order chi connectivity index (χ0) is 23.5. The van der Waals surface area contributed by atoms with Crippen LogP contribution in [0.3, 0.4) is 0 Å². The van der Waals surface area contributed by atoms with Gasteiger partial charge in [-0.15, -0.1) is 11.3 Å². The molecule has 0 saturated carbocycles. The van der Waals surface area contributed by atoms with Crippen molar-refractivity contribution in [2.75, 3.05) is 57.8 Å². The van der Waals surface area contributed by atoms with Crippen LogP contribution >= 0.6 is 11.3 Å². The number of nitrogens with zero attached hydrogens (tertiary/aromatic N) is 3. The molecule has 2 fully saturated rings. The SMILES string of the molecule is COc1cccc(N2CCN(C[C@H]3CN(C(=O)c4cccs4)C[C@@H]3c3cccc(F)c3)CC2)c1. The van der Waals surface area contributed by atoms with Crippen LogP contribution in [0.15, 0.2) is 66.0 Å². The lowest BCUT2D eigenvalue weighted by Gasteiger charge is -2.38. The van der Waals surface area contributed by atoms with Crippen LogP contribution in [0.25, 0.3) is 0 Å². The Hall–Kier alpha value is -2.90. The van der Waals surface area contributed by atoms with Crippen LogP contribution in [0.5, 0.6) is 5.75 Å². The molecule has 2 atom stereocenters. The average molecular weight is 480 g/mol. The summed E-state index contributed by atoms with van der Waals surface area (Å²) < 4.78 is 19.4. The van der Waals surface area contributed by atoms with Gasteiger partial charge in [0, 0.05) is 63.5 Å². The van der Waals surface area contributed by atoms with E-state index in [-0.39, 0.29) is 23.6 Å². The van der Waals surface area contributed by atoms with Crippen molar-refractivity contribution in [3.63, 3.8) is 0 Å². The van der Waals surface area contributed by atoms with Crippen molar-refractivity contribution in [3.05, 3.63) is 82.3 Å². The number of halogens is 1. The molecule has 0 bridgehead atoms. The van der Waals surface area contributed by atoms with Gasteiger partial charge in [0.15, 0.2) is 0 Å². The number of amides is 1. The van der Waals surface area contributed by atoms with Crippen molar-refractivity contribution in [3.8, 4) is 5.75 Å². The molecule has 2 saturated heterocycles. The summed E-state index contributed by atoms with van der Waals surface area (Å²) in [5.74, 6) is 1.15. The summed E-state index contributed by atoms with van der Waals surface area (Å²) in [4.78, 5) is 20.7. The summed E-state index contributed by atoms with van der Waals surface area (Å²) in [7, 11) is 1.69. The molecule has 34 heavy (non-hydrogen) atoms. The Labute approximate surface area is 204 Å². The molecule has 1 aromatic heterocycles. The van der Waals surface area contributed by atoms with Crippen LogP contribution in [0.1, 0.15) is 21.2 Å². The van der Waals surface area contributed by atoms with E-state index in [9.17, 15) is 9.18 Å². The topological polar surface area (TPSA) is 36.0 Å². The summed E-state index contributed by atoms with van der Waals surface area (Å²) >= 11 is 1.48. The highest BCUT2D eigenvalue weighted by Crippen LogP contribution is 2.35. The molecule has 7 heteroatoms. The average Bonchev–Trinajstić information content (AvgIpc) is 3.55. The van der Waals surface area contributed by atoms with Gasteiger partial charge >= 0.3 is 0 Å². The molecule has 0 spiro atoms. The number of carbonyl (C=O) groups excluding carboxylic acids is 1. The number of carbonyl (C=O) groups is 1. The van der Waals surface area contributed by atoms with E-state index in [1.165, 1.54) is 23.1 Å². The number of hydrogen-bond acceptors (Lipinski definition) is 5. The maximum absolute atomic E-state index is 14.0. The maximum atomic E-state index is 14.0. The smallest absolute Gasteiger partial charge is 0.263 e. The van der Waals surface area contributed by atoms with Gasteiger partial charge in [-0.25, -0.2) is 4.39 Å². The largest absolute Gasteiger partial charge is 0.497 e. The van der Waals surface area contributed by atoms with E-state index >= 15 is 0 Å². The molecular weight excluding hydrogens is 449 g/mol. The van der Waals surface area contributed by atoms with Gasteiger partial charge in [-0.05, 0) is 47.2 Å². The quantitative estimate of drug-likeness (QED) is 0.519. The highest BCUT2D eigenvalue weighted by molar-refractivity contribution is 7.12. The van der Waals surface area contributed by atoms with E-state index in [0.29, 0.717) is 13.1 Å². The summed E-state index contributed by atoms with van der Waals surface area (Å²) in [6, 6.07) is 18.9. The highest BCUT2D eigenvalue weighted by Gasteiger charge is 2.38. The van der Waals surface area contributed by atoms with Gasteiger partial charge in [-0.2, -0.15) is 0 Å². The summed E-state index contributed by atoms with van der Waals surface area (Å²) in [6.07, 6.45) is 0. The molecule has 2 aromatic carbocycles. The zero-order valence-corrected chi connectivity index (χ0v) is 20.2. The fraction of sp³-hybridized carbons (Fsp3) is 0.370. The minimum atomic E-state index is -0.216. The van der Waals surface area contributed by atoms with Crippen LogP contribution in [0.4, 0.5) is 10.1 Å². The fourth-order valence-electron chi connectivity index (χ4n) is 5.22. The zero-order valence-electron chi connectivity index (χ0n) is 19.4. The lowest BCUT2D eigenvalue weighted by atomic mass is 9.88. The monoisotopic (exact) mass is 479 g/mol. The van der Waals surface area contributed by atoms with E-state index < -0.39 is 0 Å². The number of methoxy groups -OCH3 is 1. The van der Waals surface area contributed by atoms with Gasteiger partial charge in [0.25, 0.3) is 5.91 Å². The third-order valence-electron chi connectivity index (χ3n) is 7.02. The Bertz CT molecular complexity index is 1110. The first-order valence-electron chi connectivity index (χ1n) is 11.8. The number of anilines is 1. The number of benzene rings is 2. The molecule has 0 unspecified atom stereocenters. The van der Waals surface area contributed by atoms with Gasteiger partial charge in [-0.3, -0.25) is 9.69 Å². The number of hydrogen-bond donors (Lipinski definition) is 0. The van der Waals surface area contributed by atoms with Crippen molar-refractivity contribution >= 4 is 22.9 Å². The molecule has 0 N–H and O–H groups in total. The molecule has 178 valence electrons. The molecule has 0 radical (unpaired) electrons. The van der Waals surface area contributed by atoms with Crippen molar-refractivity contribution in [1.29, 1.82) is 0 Å². The molecule has 5 rings (SSSR count). The molecule has 5 nitrogen and oxygen atoms in total. The fourth-order valence-corrected chi connectivity index (χ4v) is 5.91. The summed E-state index contributed by atoms with van der Waals surface area (Å²) in [5, 5.41) is 1.94. The van der Waals surface area contributed by atoms with Crippen LogP contribution in [0, 0.1) is 11.7 Å². The van der Waals surface area contributed by atoms with Crippen LogP contribution < -0.4 is 9.64 Å². The van der Waals surface area contributed by atoms with Crippen LogP contribution in [0.2, 0.25) is 0 Å². The van der Waals surface area contributed by atoms with Gasteiger partial charge in [0.1, 0.15) is 11.6 Å². The first-order valence-corrected chi connectivity index (χ1v) is 12.7. The predicted molar refractivity (Wildman–Crippen MR) is 135 cm³/mol. The van der Waals surface area contributed by atoms with Gasteiger partial charge in [0.2, 0.25) is 0 Å². The molecule has 2 aliphatic heterocycles. The third-order valence-corrected chi connectivity index (χ3v) is 7.88. The Morgan fingerprint density at radius 3 is 2.59 bits per heavy atom. The lowest BCUT2D eigenvalue weighted by molar-refractivity contribution is 0.0787. The van der Waals surface area contributed by atoms with Crippen molar-refractivity contribution in [2.24, 2.45) is 5.92 Å². The van der Waals surface area contributed by atoms with Crippen molar-refractivity contribution < 1.29 is 13.9 Å². The first-order chi connectivity index (χ1) is 16.6. The maximum Gasteiger partial charge on any atom is 0.263 e. The third kappa shape index (κ3) is 4.95. The van der Waals surface area contributed by atoms with E-state index in [4.69, 9.17) is 4.74 Å². The molecule has 0 aliphatic carbocycles. The van der Waals surface area contributed by atoms with Crippen LogP contribution in [-0.4, -0.2) is 68.6 Å². The summed E-state index contributed by atoms with van der Waals surface area (Å²) in [5.41, 5.74) is 2.17. The Morgan fingerprint density at radius 2 is 1.85 bits per heavy atom. The Kier molecular flexibility index (Phi) is 6.83. The minimum Gasteiger partial charge on any atom is -0.497 e. The Balaban J connectivity index is 1.27. The number of likely N-dealkylation sites (tertiary alicyclic amines) is 1. The highest BCUT2D eigenvalue weighted by atomic mass is 32.1. The van der Waals surface area contributed by atoms with Gasteiger partial charge in [-0.1, -0.05) is 24.3 Å². The first kappa shape index (κ1) is 22.9. The standard InChI is InChI=1S/C27H30FN3O2S/c1-33-24-8-3-7-23(16-24)30-12-10-29(11-13-30)17-21-18-31(27(32)26-9-4-14-34-26)19-25(21)20-5-2-6-22(28)15-20/h2-9,14-16,21,25H,10-13,17-19H2,1H3/t21-,25+/m0/s1. The number of thiophene rings is 1. The summed E-state index contributed by atoms with van der Waals surface area (Å²) in [6.45, 7) is 6.06. The lowest BCUT2D eigenvalue weighted by Crippen LogP contribution is -2.48. The van der Waals surface area contributed by atoms with E-state index in [1.54, 1.807) is 19.2 Å². The predicted octanol–water partition coefficient (Wildman–Crippen LogP) is 4.57. The molecule has 3 aromatic rings. The molecule has 2 aliphatic rings. The second kappa shape index (κ2) is 10.2. The minimum absolute atomic E-state index is 0.0850. The van der Waals surface area contributed by atoms with E-state index in [1.807, 2.05) is 40.6 Å². The van der Waals surface area contributed by atoms with Gasteiger partial charge in [0.05, 0.1) is 12.0 Å². The number of piperazine rings is 1. The normalized spacial score (nSPS) is 21.1. The number of ether oxygens (including phenoxy) is 1. The van der Waals surface area contributed by atoms with Crippen molar-refractivity contribution in [1.82, 2.24) is 9.80 Å². The van der Waals surface area contributed by atoms with Crippen molar-refractivity contribution in [2.45, 2.75) is 5.92 Å². The molecular formula is C27H30FN3O2S. The second-order valence-electron chi connectivity index (χ2n) is 9.10. The van der Waals surface area contributed by atoms with Crippen LogP contribution in [-0.2, 0) is 0 Å². The van der Waals surface area contributed by atoms with E-state index in [0.717, 1.165) is 48.9 Å². The molecule has 3 heterocycles. The molecule has 1 amide bonds. The Morgan fingerprint density at radius 1 is 1.03 bits per heavy atom. The second-order valence-corrected chi connectivity index (χ2v) is 10.0. The number of rotatable bonds is 6.